The van der Waals surface area contributed by atoms with Crippen molar-refractivity contribution in [2.45, 2.75) is 82.7 Å². The maximum absolute atomic E-state index is 13.3. The number of alkyl halides is 5. The lowest BCUT2D eigenvalue weighted by Gasteiger charge is -2.58. The number of hydrogen-bond donors (Lipinski definition) is 0. The van der Waals surface area contributed by atoms with Crippen LogP contribution in [-0.2, 0) is 22.0 Å². The van der Waals surface area contributed by atoms with Crippen LogP contribution in [0.5, 0.6) is 11.5 Å². The molecule has 262 valence electrons. The van der Waals surface area contributed by atoms with Crippen molar-refractivity contribution in [2.75, 3.05) is 51.8 Å². The van der Waals surface area contributed by atoms with Crippen molar-refractivity contribution in [2.24, 2.45) is 28.6 Å². The van der Waals surface area contributed by atoms with E-state index in [-0.39, 0.29) is 46.0 Å². The van der Waals surface area contributed by atoms with Crippen molar-refractivity contribution >= 4 is 22.7 Å². The van der Waals surface area contributed by atoms with Crippen LogP contribution in [0.4, 0.5) is 26.7 Å². The number of fused-ring (bicyclic) bond motifs is 5. The van der Waals surface area contributed by atoms with Crippen LogP contribution in [0, 0.1) is 28.6 Å². The molecule has 2 saturated heterocycles. The molecule has 2 saturated carbocycles. The topological polar surface area (TPSA) is 76.2 Å². The number of carbonyl (C=O) groups is 2. The average molecular weight is 689 g/mol. The van der Waals surface area contributed by atoms with Crippen molar-refractivity contribution in [3.63, 3.8) is 0 Å². The van der Waals surface area contributed by atoms with Gasteiger partial charge in [-0.1, -0.05) is 6.92 Å². The summed E-state index contributed by atoms with van der Waals surface area (Å²) < 4.78 is 88.4. The summed E-state index contributed by atoms with van der Waals surface area (Å²) in [5.74, 6) is -2.86. The molecule has 0 aromatic heterocycles. The molecule has 1 aromatic rings. The lowest BCUT2D eigenvalue weighted by atomic mass is 9.52. The summed E-state index contributed by atoms with van der Waals surface area (Å²) in [4.78, 5) is 30.1. The quantitative estimate of drug-likeness (QED) is 0.258. The van der Waals surface area contributed by atoms with Crippen molar-refractivity contribution in [3.8, 4) is 11.5 Å². The number of carbonyl (C=O) groups excluding carboxylic acids is 2. The van der Waals surface area contributed by atoms with Gasteiger partial charge in [0, 0.05) is 72.2 Å². The van der Waals surface area contributed by atoms with Crippen LogP contribution in [0.15, 0.2) is 12.1 Å². The monoisotopic (exact) mass is 688 g/mol. The Morgan fingerprint density at radius 1 is 1.04 bits per heavy atom. The molecule has 3 aliphatic carbocycles. The van der Waals surface area contributed by atoms with E-state index in [9.17, 15) is 35.8 Å². The van der Waals surface area contributed by atoms with E-state index in [0.29, 0.717) is 56.1 Å². The highest BCUT2D eigenvalue weighted by atomic mass is 32.2. The first-order valence-electron chi connectivity index (χ1n) is 16.7. The van der Waals surface area contributed by atoms with Crippen LogP contribution < -0.4 is 9.47 Å². The minimum absolute atomic E-state index is 0.150. The smallest absolute Gasteiger partial charge is 0.453 e. The number of likely N-dealkylation sites (tertiary alicyclic amines) is 2. The molecule has 2 heterocycles. The third kappa shape index (κ3) is 6.44. The summed E-state index contributed by atoms with van der Waals surface area (Å²) in [6.45, 7) is 5.36. The van der Waals surface area contributed by atoms with Crippen molar-refractivity contribution in [3.05, 3.63) is 23.3 Å². The largest absolute Gasteiger partial charge is 0.493 e. The van der Waals surface area contributed by atoms with Crippen LogP contribution in [0.25, 0.3) is 0 Å². The maximum atomic E-state index is 13.3. The summed E-state index contributed by atoms with van der Waals surface area (Å²) in [7, 11) is 2.10. The number of methoxy groups -OCH3 is 1. The number of amides is 1. The predicted octanol–water partition coefficient (Wildman–Crippen LogP) is 6.60. The van der Waals surface area contributed by atoms with Gasteiger partial charge in [-0.3, -0.25) is 9.00 Å². The molecule has 4 fully saturated rings. The third-order valence-corrected chi connectivity index (χ3v) is 13.3. The first-order valence-corrected chi connectivity index (χ1v) is 18.2. The Balaban J connectivity index is 1.15. The molecule has 6 atom stereocenters. The molecule has 1 spiro atoms. The summed E-state index contributed by atoms with van der Waals surface area (Å²) >= 11 is 0. The van der Waals surface area contributed by atoms with Crippen LogP contribution in [0.1, 0.15) is 75.3 Å². The molecule has 1 aromatic carbocycles. The van der Waals surface area contributed by atoms with Crippen LogP contribution >= 0.6 is 0 Å². The van der Waals surface area contributed by atoms with E-state index < -0.39 is 41.8 Å². The zero-order valence-electron chi connectivity index (χ0n) is 27.3. The first kappa shape index (κ1) is 34.6. The fraction of sp³-hybridized carbons (Fsp3) is 0.765. The minimum atomic E-state index is -5.61. The Labute approximate surface area is 275 Å². The van der Waals surface area contributed by atoms with Gasteiger partial charge in [0.1, 0.15) is 5.78 Å². The molecule has 13 heteroatoms. The Bertz CT molecular complexity index is 1410. The van der Waals surface area contributed by atoms with E-state index in [4.69, 9.17) is 9.47 Å². The lowest BCUT2D eigenvalue weighted by Crippen LogP contribution is -2.72. The Morgan fingerprint density at radius 2 is 1.74 bits per heavy atom. The standard InChI is InChI=1S/C34H45F5N2O5S/c1-31-11-9-23-24-16-26(45-3)27(46-30(43)41-19-32(20-41)17-40(2)18-32)15-22(24)14-21(29(23)25(31)7-8-28(31)42)6-4-12-47(44)13-5-10-33(35,36)34(37,38)39/h15-16,21,23,25,29H,4-14,17-20H2,1-3H3/t21-,23-,25+,29-,31+,47?/m1/s1. The SMILES string of the molecule is COc1cc2c(cc1OC(=O)N1CC3(CN(C)C3)C1)C[C@@H](CCCS(=O)CCCC(F)(F)C(F)(F)F)[C@@H]1[C@@H]2CC[C@]2(C)C(=O)CC[C@@H]12. The van der Waals surface area contributed by atoms with Gasteiger partial charge in [-0.2, -0.15) is 22.0 Å². The van der Waals surface area contributed by atoms with Crippen LogP contribution in [0.3, 0.4) is 0 Å². The molecule has 0 radical (unpaired) electrons. The number of hydrogen-bond acceptors (Lipinski definition) is 6. The number of benzene rings is 1. The normalized spacial score (nSPS) is 30.6. The molecule has 0 N–H and O–H groups in total. The Morgan fingerprint density at radius 3 is 2.40 bits per heavy atom. The van der Waals surface area contributed by atoms with Gasteiger partial charge in [-0.15, -0.1) is 0 Å². The fourth-order valence-electron chi connectivity index (χ4n) is 9.64. The van der Waals surface area contributed by atoms with Crippen molar-refractivity contribution in [1.29, 1.82) is 0 Å². The molecule has 7 nitrogen and oxygen atoms in total. The van der Waals surface area contributed by atoms with Gasteiger partial charge < -0.3 is 19.3 Å². The molecule has 1 unspecified atom stereocenters. The number of ketones is 1. The Kier molecular flexibility index (Phi) is 9.24. The molecule has 5 aliphatic rings. The number of rotatable bonds is 10. The second-order valence-electron chi connectivity index (χ2n) is 15.1. The van der Waals surface area contributed by atoms with Gasteiger partial charge in [-0.05, 0) is 98.9 Å². The molecule has 47 heavy (non-hydrogen) atoms. The third-order valence-electron chi connectivity index (χ3n) is 11.8. The average Bonchev–Trinajstić information content (AvgIpc) is 3.26. The number of ether oxygens (including phenoxy) is 2. The van der Waals surface area contributed by atoms with Gasteiger partial charge in [0.05, 0.1) is 7.11 Å². The highest BCUT2D eigenvalue weighted by Crippen LogP contribution is 2.62. The highest BCUT2D eigenvalue weighted by molar-refractivity contribution is 7.84. The van der Waals surface area contributed by atoms with Crippen molar-refractivity contribution in [1.82, 2.24) is 9.80 Å². The van der Waals surface area contributed by atoms with Gasteiger partial charge in [-0.25, -0.2) is 4.79 Å². The molecule has 1 amide bonds. The summed E-state index contributed by atoms with van der Waals surface area (Å²) in [6, 6.07) is 3.91. The zero-order valence-corrected chi connectivity index (χ0v) is 28.1. The van der Waals surface area contributed by atoms with Gasteiger partial charge in [0.2, 0.25) is 0 Å². The summed E-state index contributed by atoms with van der Waals surface area (Å²) in [6.07, 6.45) is -2.94. The molecule has 0 bridgehead atoms. The van der Waals surface area contributed by atoms with Crippen molar-refractivity contribution < 1.29 is 45.2 Å². The predicted molar refractivity (Wildman–Crippen MR) is 166 cm³/mol. The highest BCUT2D eigenvalue weighted by Gasteiger charge is 2.58. The molecular weight excluding hydrogens is 643 g/mol. The number of nitrogens with zero attached hydrogens (tertiary/aromatic N) is 2. The zero-order chi connectivity index (χ0) is 33.9. The van der Waals surface area contributed by atoms with Gasteiger partial charge >= 0.3 is 18.2 Å². The second kappa shape index (κ2) is 12.6. The molecule has 2 aliphatic heterocycles. The summed E-state index contributed by atoms with van der Waals surface area (Å²) in [5, 5.41) is 0. The van der Waals surface area contributed by atoms with E-state index in [0.717, 1.165) is 43.5 Å². The first-order chi connectivity index (χ1) is 22.1. The number of Topliss-reactive ketones (excluding diaryl/α,β-unsaturated/α-hetero) is 1. The molecular formula is C34H45F5N2O5S. The van der Waals surface area contributed by atoms with E-state index in [2.05, 4.69) is 18.9 Å². The van der Waals surface area contributed by atoms with E-state index >= 15 is 0 Å². The maximum Gasteiger partial charge on any atom is 0.453 e. The van der Waals surface area contributed by atoms with Crippen LogP contribution in [0.2, 0.25) is 0 Å². The second-order valence-corrected chi connectivity index (χ2v) is 16.8. The van der Waals surface area contributed by atoms with E-state index in [1.54, 1.807) is 12.0 Å². The number of halogens is 5. The van der Waals surface area contributed by atoms with Gasteiger partial charge in [0.15, 0.2) is 11.5 Å². The Hall–Kier alpha value is -2.28. The van der Waals surface area contributed by atoms with E-state index in [1.165, 1.54) is 0 Å². The minimum Gasteiger partial charge on any atom is -0.493 e. The van der Waals surface area contributed by atoms with Gasteiger partial charge in [0.25, 0.3) is 0 Å². The van der Waals surface area contributed by atoms with Crippen LogP contribution in [-0.4, -0.2) is 89.8 Å². The molecule has 6 rings (SSSR count). The van der Waals surface area contributed by atoms with E-state index in [1.807, 2.05) is 12.1 Å². The fourth-order valence-corrected chi connectivity index (χ4v) is 10.8. The lowest BCUT2D eigenvalue weighted by molar-refractivity contribution is -0.284. The summed E-state index contributed by atoms with van der Waals surface area (Å²) in [5.41, 5.74) is 2.00.